The van der Waals surface area contributed by atoms with Crippen molar-refractivity contribution in [3.05, 3.63) is 22.9 Å². The van der Waals surface area contributed by atoms with E-state index in [0.717, 1.165) is 49.2 Å². The number of carbonyl (C=O) groups excluding carboxylic acids is 1. The van der Waals surface area contributed by atoms with Crippen molar-refractivity contribution in [3.8, 4) is 5.88 Å². The summed E-state index contributed by atoms with van der Waals surface area (Å²) in [5.41, 5.74) is 2.67. The van der Waals surface area contributed by atoms with E-state index in [1.165, 1.54) is 32.1 Å². The van der Waals surface area contributed by atoms with Gasteiger partial charge in [0.05, 0.1) is 7.11 Å². The zero-order valence-corrected chi connectivity index (χ0v) is 18.2. The SMILES string of the molecule is COc1nc(C)cc(C)c1CNC(=O)[C@@]12CCCCN1C[C@@H](NC1CCCC1)C2. The topological polar surface area (TPSA) is 66.5 Å². The molecule has 0 spiro atoms. The molecule has 2 saturated heterocycles. The number of nitrogens with one attached hydrogen (secondary N) is 2. The fourth-order valence-corrected chi connectivity index (χ4v) is 5.76. The summed E-state index contributed by atoms with van der Waals surface area (Å²) in [6.07, 6.45) is 9.47. The average Bonchev–Trinajstić information content (AvgIpc) is 3.34. The number of ether oxygens (including phenoxy) is 1. The summed E-state index contributed by atoms with van der Waals surface area (Å²) in [6, 6.07) is 3.12. The third-order valence-electron chi connectivity index (χ3n) is 7.20. The zero-order valence-electron chi connectivity index (χ0n) is 18.2. The van der Waals surface area contributed by atoms with Gasteiger partial charge in [-0.05, 0) is 70.5 Å². The second kappa shape index (κ2) is 8.60. The Bertz CT molecular complexity index is 747. The highest BCUT2D eigenvalue weighted by Gasteiger charge is 2.52. The molecular formula is C23H36N4O2. The second-order valence-electron chi connectivity index (χ2n) is 9.23. The van der Waals surface area contributed by atoms with Gasteiger partial charge >= 0.3 is 0 Å². The summed E-state index contributed by atoms with van der Waals surface area (Å²) in [4.78, 5) is 20.4. The van der Waals surface area contributed by atoms with Crippen molar-refractivity contribution in [1.82, 2.24) is 20.5 Å². The van der Waals surface area contributed by atoms with Crippen LogP contribution in [0.5, 0.6) is 5.88 Å². The number of piperidine rings is 1. The summed E-state index contributed by atoms with van der Waals surface area (Å²) in [6.45, 7) is 6.52. The van der Waals surface area contributed by atoms with Crippen LogP contribution in [-0.4, -0.2) is 53.6 Å². The molecule has 1 aromatic rings. The lowest BCUT2D eigenvalue weighted by Crippen LogP contribution is -2.57. The summed E-state index contributed by atoms with van der Waals surface area (Å²) in [5, 5.41) is 7.12. The molecule has 3 aliphatic rings. The summed E-state index contributed by atoms with van der Waals surface area (Å²) in [5.74, 6) is 0.794. The molecule has 3 heterocycles. The fourth-order valence-electron chi connectivity index (χ4n) is 5.76. The van der Waals surface area contributed by atoms with E-state index in [9.17, 15) is 4.79 Å². The normalized spacial score (nSPS) is 27.8. The van der Waals surface area contributed by atoms with Crippen molar-refractivity contribution in [1.29, 1.82) is 0 Å². The molecule has 2 aliphatic heterocycles. The van der Waals surface area contributed by atoms with Gasteiger partial charge in [0, 0.05) is 36.4 Å². The number of nitrogens with zero attached hydrogens (tertiary/aromatic N) is 2. The number of pyridine rings is 1. The highest BCUT2D eigenvalue weighted by atomic mass is 16.5. The Hall–Kier alpha value is -1.66. The lowest BCUT2D eigenvalue weighted by atomic mass is 9.84. The summed E-state index contributed by atoms with van der Waals surface area (Å²) >= 11 is 0. The molecule has 160 valence electrons. The van der Waals surface area contributed by atoms with Crippen molar-refractivity contribution in [2.75, 3.05) is 20.2 Å². The van der Waals surface area contributed by atoms with E-state index in [1.807, 2.05) is 13.0 Å². The van der Waals surface area contributed by atoms with Gasteiger partial charge in [-0.2, -0.15) is 0 Å². The van der Waals surface area contributed by atoms with Crippen LogP contribution in [0.25, 0.3) is 0 Å². The molecule has 0 aromatic carbocycles. The maximum absolute atomic E-state index is 13.5. The monoisotopic (exact) mass is 400 g/mol. The van der Waals surface area contributed by atoms with E-state index in [2.05, 4.69) is 27.4 Å². The van der Waals surface area contributed by atoms with Gasteiger partial charge in [-0.3, -0.25) is 9.69 Å². The van der Waals surface area contributed by atoms with E-state index in [1.54, 1.807) is 7.11 Å². The highest BCUT2D eigenvalue weighted by molar-refractivity contribution is 5.87. The fraction of sp³-hybridized carbons (Fsp3) is 0.739. The first-order chi connectivity index (χ1) is 14.0. The van der Waals surface area contributed by atoms with Crippen LogP contribution in [0.2, 0.25) is 0 Å². The highest BCUT2D eigenvalue weighted by Crippen LogP contribution is 2.39. The molecule has 29 heavy (non-hydrogen) atoms. The molecule has 1 aromatic heterocycles. The first-order valence-electron chi connectivity index (χ1n) is 11.3. The quantitative estimate of drug-likeness (QED) is 0.769. The van der Waals surface area contributed by atoms with Crippen molar-refractivity contribution >= 4 is 5.91 Å². The van der Waals surface area contributed by atoms with Crippen molar-refractivity contribution < 1.29 is 9.53 Å². The maximum Gasteiger partial charge on any atom is 0.240 e. The minimum absolute atomic E-state index is 0.176. The van der Waals surface area contributed by atoms with Gasteiger partial charge < -0.3 is 15.4 Å². The number of aromatic nitrogens is 1. The van der Waals surface area contributed by atoms with Crippen molar-refractivity contribution in [2.45, 2.75) is 89.4 Å². The van der Waals surface area contributed by atoms with Gasteiger partial charge in [-0.1, -0.05) is 12.8 Å². The third kappa shape index (κ3) is 4.15. The van der Waals surface area contributed by atoms with Crippen molar-refractivity contribution in [2.24, 2.45) is 0 Å². The standard InChI is InChI=1S/C23H36N4O2/c1-16-12-17(2)25-21(29-3)20(16)14-24-22(28)23-10-6-7-11-27(23)15-19(13-23)26-18-8-4-5-9-18/h12,18-19,26H,4-11,13-15H2,1-3H3,(H,24,28)/t19-,23-/m0/s1. The van der Waals surface area contributed by atoms with Crippen LogP contribution in [0.3, 0.4) is 0 Å². The van der Waals surface area contributed by atoms with E-state index < -0.39 is 0 Å². The number of hydrogen-bond acceptors (Lipinski definition) is 5. The van der Waals surface area contributed by atoms with E-state index in [-0.39, 0.29) is 11.4 Å². The molecule has 1 aliphatic carbocycles. The van der Waals surface area contributed by atoms with Crippen LogP contribution in [0.1, 0.15) is 68.2 Å². The number of hydrogen-bond donors (Lipinski definition) is 2. The lowest BCUT2D eigenvalue weighted by molar-refractivity contribution is -0.134. The Balaban J connectivity index is 1.46. The summed E-state index contributed by atoms with van der Waals surface area (Å²) in [7, 11) is 1.64. The Morgan fingerprint density at radius 3 is 2.79 bits per heavy atom. The van der Waals surface area contributed by atoms with E-state index in [0.29, 0.717) is 24.5 Å². The van der Waals surface area contributed by atoms with Gasteiger partial charge in [0.15, 0.2) is 0 Å². The van der Waals surface area contributed by atoms with Crippen LogP contribution < -0.4 is 15.4 Å². The summed E-state index contributed by atoms with van der Waals surface area (Å²) < 4.78 is 5.48. The predicted molar refractivity (Wildman–Crippen MR) is 114 cm³/mol. The number of amides is 1. The smallest absolute Gasteiger partial charge is 0.240 e. The molecule has 6 heteroatoms. The number of fused-ring (bicyclic) bond motifs is 1. The molecule has 3 fully saturated rings. The Morgan fingerprint density at radius 2 is 2.03 bits per heavy atom. The first-order valence-corrected chi connectivity index (χ1v) is 11.3. The predicted octanol–water partition coefficient (Wildman–Crippen LogP) is 2.85. The zero-order chi connectivity index (χ0) is 20.4. The van der Waals surface area contributed by atoms with Gasteiger partial charge in [0.1, 0.15) is 5.54 Å². The number of methoxy groups -OCH3 is 1. The maximum atomic E-state index is 13.5. The Morgan fingerprint density at radius 1 is 1.24 bits per heavy atom. The molecule has 6 nitrogen and oxygen atoms in total. The molecular weight excluding hydrogens is 364 g/mol. The number of carbonyl (C=O) groups is 1. The van der Waals surface area contributed by atoms with Crippen molar-refractivity contribution in [3.63, 3.8) is 0 Å². The Labute approximate surface area is 174 Å². The van der Waals surface area contributed by atoms with Gasteiger partial charge in [-0.25, -0.2) is 4.98 Å². The second-order valence-corrected chi connectivity index (χ2v) is 9.23. The van der Waals surface area contributed by atoms with Gasteiger partial charge in [0.25, 0.3) is 0 Å². The van der Waals surface area contributed by atoms with Gasteiger partial charge in [0.2, 0.25) is 11.8 Å². The minimum Gasteiger partial charge on any atom is -0.481 e. The van der Waals surface area contributed by atoms with Crippen LogP contribution >= 0.6 is 0 Å². The molecule has 1 saturated carbocycles. The molecule has 2 N–H and O–H groups in total. The number of rotatable bonds is 6. The number of aryl methyl sites for hydroxylation is 2. The lowest BCUT2D eigenvalue weighted by Gasteiger charge is -2.40. The molecule has 0 radical (unpaired) electrons. The molecule has 0 unspecified atom stereocenters. The molecule has 1 amide bonds. The molecule has 4 rings (SSSR count). The Kier molecular flexibility index (Phi) is 6.11. The average molecular weight is 401 g/mol. The van der Waals surface area contributed by atoms with Crippen LogP contribution in [-0.2, 0) is 11.3 Å². The van der Waals surface area contributed by atoms with E-state index >= 15 is 0 Å². The first kappa shape index (κ1) is 20.6. The molecule has 0 bridgehead atoms. The van der Waals surface area contributed by atoms with Crippen LogP contribution in [0, 0.1) is 13.8 Å². The molecule has 2 atom stereocenters. The largest absolute Gasteiger partial charge is 0.481 e. The van der Waals surface area contributed by atoms with E-state index in [4.69, 9.17) is 4.74 Å². The van der Waals surface area contributed by atoms with Gasteiger partial charge in [-0.15, -0.1) is 0 Å². The van der Waals surface area contributed by atoms with Crippen LogP contribution in [0.15, 0.2) is 6.07 Å². The third-order valence-corrected chi connectivity index (χ3v) is 7.20. The minimum atomic E-state index is -0.353. The van der Waals surface area contributed by atoms with Crippen LogP contribution in [0.4, 0.5) is 0 Å².